The molecule has 7 heteroatoms. The third-order valence-corrected chi connectivity index (χ3v) is 6.78. The summed E-state index contributed by atoms with van der Waals surface area (Å²) in [4.78, 5) is 14.3. The second kappa shape index (κ2) is 8.59. The van der Waals surface area contributed by atoms with Gasteiger partial charge in [-0.2, -0.15) is 0 Å². The van der Waals surface area contributed by atoms with Crippen molar-refractivity contribution in [3.63, 3.8) is 0 Å². The number of rotatable bonds is 6. The average molecular weight is 421 g/mol. The van der Waals surface area contributed by atoms with Crippen molar-refractivity contribution in [2.75, 3.05) is 13.1 Å². The molecule has 2 aromatic carbocycles. The van der Waals surface area contributed by atoms with Crippen LogP contribution in [0.2, 0.25) is 0 Å². The Morgan fingerprint density at radius 3 is 2.71 bits per heavy atom. The molecule has 2 bridgehead atoms. The second-order valence-corrected chi connectivity index (χ2v) is 8.74. The van der Waals surface area contributed by atoms with Gasteiger partial charge in [0.15, 0.2) is 0 Å². The third-order valence-electron chi connectivity index (χ3n) is 6.78. The van der Waals surface area contributed by atoms with Gasteiger partial charge in [-0.3, -0.25) is 4.79 Å². The summed E-state index contributed by atoms with van der Waals surface area (Å²) in [5.74, 6) is 0.449. The van der Waals surface area contributed by atoms with Gasteiger partial charge < -0.3 is 10.2 Å². The number of nitrogens with one attached hydrogen (secondary N) is 2. The molecule has 6 nitrogen and oxygen atoms in total. The van der Waals surface area contributed by atoms with Gasteiger partial charge in [-0.1, -0.05) is 35.5 Å². The minimum Gasteiger partial charge on any atom is -0.352 e. The van der Waals surface area contributed by atoms with Crippen LogP contribution in [-0.4, -0.2) is 40.0 Å². The van der Waals surface area contributed by atoms with E-state index in [2.05, 4.69) is 15.6 Å². The van der Waals surface area contributed by atoms with Gasteiger partial charge in [0.2, 0.25) is 5.91 Å². The van der Waals surface area contributed by atoms with Crippen molar-refractivity contribution in [3.8, 4) is 11.3 Å². The van der Waals surface area contributed by atoms with Crippen molar-refractivity contribution in [3.05, 3.63) is 72.2 Å². The fraction of sp³-hybridized carbons (Fsp3) is 0.375. The standard InChI is InChI=1S/C24H26FN5O/c25-20-8-6-18(7-9-20)23-16-30(28-27-23)14-21-12-19-10-11-29(21)15-22(19)24(31)26-13-17-4-2-1-3-5-17/h1-9,16,19,21-22H,10-15H2,(H,26,31)/p+1/t19-,21+,22-/m0/s1. The van der Waals surface area contributed by atoms with Crippen molar-refractivity contribution in [1.82, 2.24) is 20.3 Å². The summed E-state index contributed by atoms with van der Waals surface area (Å²) < 4.78 is 15.0. The van der Waals surface area contributed by atoms with Gasteiger partial charge in [0, 0.05) is 24.9 Å². The fourth-order valence-electron chi connectivity index (χ4n) is 5.10. The van der Waals surface area contributed by atoms with Crippen LogP contribution in [-0.2, 0) is 17.9 Å². The SMILES string of the molecule is O=C(NCc1ccccc1)[C@H]1C[NH+]2CC[C@H]1C[C@@H]2Cn1cc(-c2ccc(F)cc2)nn1. The van der Waals surface area contributed by atoms with E-state index in [-0.39, 0.29) is 17.6 Å². The second-order valence-electron chi connectivity index (χ2n) is 8.74. The predicted molar refractivity (Wildman–Crippen MR) is 114 cm³/mol. The summed E-state index contributed by atoms with van der Waals surface area (Å²) in [5, 5.41) is 11.7. The summed E-state index contributed by atoms with van der Waals surface area (Å²) in [6.45, 7) is 3.37. The van der Waals surface area contributed by atoms with Gasteiger partial charge in [0.05, 0.1) is 31.7 Å². The maximum absolute atomic E-state index is 13.2. The average Bonchev–Trinajstić information content (AvgIpc) is 3.27. The van der Waals surface area contributed by atoms with Crippen LogP contribution in [0.4, 0.5) is 4.39 Å². The smallest absolute Gasteiger partial charge is 0.229 e. The number of quaternary nitrogens is 1. The van der Waals surface area contributed by atoms with E-state index in [1.807, 2.05) is 41.2 Å². The minimum atomic E-state index is -0.256. The minimum absolute atomic E-state index is 0.0919. The zero-order valence-corrected chi connectivity index (χ0v) is 17.4. The summed E-state index contributed by atoms with van der Waals surface area (Å²) >= 11 is 0. The highest BCUT2D eigenvalue weighted by atomic mass is 19.1. The Kier molecular flexibility index (Phi) is 5.51. The first-order valence-electron chi connectivity index (χ1n) is 11.0. The number of hydrogen-bond donors (Lipinski definition) is 2. The zero-order chi connectivity index (χ0) is 21.2. The summed E-state index contributed by atoms with van der Waals surface area (Å²) in [7, 11) is 0. The van der Waals surface area contributed by atoms with Crippen molar-refractivity contribution in [1.29, 1.82) is 0 Å². The molecule has 6 rings (SSSR count). The lowest BCUT2D eigenvalue weighted by Crippen LogP contribution is -3.20. The number of piperidine rings is 3. The number of carbonyl (C=O) groups is 1. The van der Waals surface area contributed by atoms with E-state index in [1.54, 1.807) is 12.1 Å². The van der Waals surface area contributed by atoms with Crippen LogP contribution in [0.5, 0.6) is 0 Å². The Balaban J connectivity index is 1.18. The highest BCUT2D eigenvalue weighted by molar-refractivity contribution is 5.79. The molecule has 1 aromatic heterocycles. The van der Waals surface area contributed by atoms with Crippen LogP contribution in [0, 0.1) is 17.7 Å². The molecule has 3 saturated heterocycles. The maximum atomic E-state index is 13.2. The van der Waals surface area contributed by atoms with Crippen molar-refractivity contribution >= 4 is 5.91 Å². The Hall–Kier alpha value is -3.06. The lowest BCUT2D eigenvalue weighted by atomic mass is 9.75. The summed E-state index contributed by atoms with van der Waals surface area (Å²) in [5.41, 5.74) is 2.75. The molecule has 3 fully saturated rings. The predicted octanol–water partition coefficient (Wildman–Crippen LogP) is 1.69. The van der Waals surface area contributed by atoms with E-state index >= 15 is 0 Å². The molecule has 3 aliphatic heterocycles. The number of benzene rings is 2. The van der Waals surface area contributed by atoms with E-state index in [9.17, 15) is 9.18 Å². The van der Waals surface area contributed by atoms with Gasteiger partial charge in [-0.05, 0) is 35.7 Å². The van der Waals surface area contributed by atoms with E-state index < -0.39 is 0 Å². The van der Waals surface area contributed by atoms with Crippen LogP contribution in [0.15, 0.2) is 60.8 Å². The number of fused-ring (bicyclic) bond motifs is 3. The number of nitrogens with zero attached hydrogens (tertiary/aromatic N) is 3. The molecule has 0 saturated carbocycles. The summed E-state index contributed by atoms with van der Waals surface area (Å²) in [6, 6.07) is 16.8. The lowest BCUT2D eigenvalue weighted by molar-refractivity contribution is -0.945. The van der Waals surface area contributed by atoms with Gasteiger partial charge in [-0.15, -0.1) is 5.10 Å². The third kappa shape index (κ3) is 4.37. The monoisotopic (exact) mass is 420 g/mol. The highest BCUT2D eigenvalue weighted by Gasteiger charge is 2.46. The molecule has 2 N–H and O–H groups in total. The van der Waals surface area contributed by atoms with Gasteiger partial charge in [0.25, 0.3) is 0 Å². The van der Waals surface area contributed by atoms with Crippen molar-refractivity contribution in [2.24, 2.45) is 11.8 Å². The van der Waals surface area contributed by atoms with Crippen LogP contribution >= 0.6 is 0 Å². The number of carbonyl (C=O) groups excluding carboxylic acids is 1. The molecule has 3 aliphatic rings. The van der Waals surface area contributed by atoms with Crippen LogP contribution in [0.1, 0.15) is 18.4 Å². The quantitative estimate of drug-likeness (QED) is 0.638. The van der Waals surface area contributed by atoms with Gasteiger partial charge >= 0.3 is 0 Å². The van der Waals surface area contributed by atoms with E-state index in [0.29, 0.717) is 18.5 Å². The Morgan fingerprint density at radius 1 is 1.16 bits per heavy atom. The molecule has 31 heavy (non-hydrogen) atoms. The van der Waals surface area contributed by atoms with Crippen molar-refractivity contribution in [2.45, 2.75) is 32.0 Å². The Labute approximate surface area is 181 Å². The molecular formula is C24H27FN5O+. The molecule has 0 spiro atoms. The number of halogens is 1. The first kappa shape index (κ1) is 19.9. The Morgan fingerprint density at radius 2 is 1.97 bits per heavy atom. The fourth-order valence-corrected chi connectivity index (χ4v) is 5.10. The molecule has 0 aliphatic carbocycles. The van der Waals surface area contributed by atoms with Gasteiger partial charge in [-0.25, -0.2) is 9.07 Å². The molecule has 160 valence electrons. The molecule has 0 radical (unpaired) electrons. The first-order valence-corrected chi connectivity index (χ1v) is 11.0. The van der Waals surface area contributed by atoms with E-state index in [0.717, 1.165) is 49.3 Å². The molecule has 4 heterocycles. The largest absolute Gasteiger partial charge is 0.352 e. The van der Waals surface area contributed by atoms with Crippen LogP contribution in [0.25, 0.3) is 11.3 Å². The molecular weight excluding hydrogens is 393 g/mol. The number of amides is 1. The molecule has 4 atom stereocenters. The summed E-state index contributed by atoms with van der Waals surface area (Å²) in [6.07, 6.45) is 4.07. The van der Waals surface area contributed by atoms with Crippen LogP contribution < -0.4 is 10.2 Å². The van der Waals surface area contributed by atoms with Crippen molar-refractivity contribution < 1.29 is 14.1 Å². The number of hydrogen-bond acceptors (Lipinski definition) is 3. The molecule has 3 aromatic rings. The van der Waals surface area contributed by atoms with Crippen LogP contribution in [0.3, 0.4) is 0 Å². The van der Waals surface area contributed by atoms with E-state index in [1.165, 1.54) is 17.0 Å². The zero-order valence-electron chi connectivity index (χ0n) is 17.4. The molecule has 1 amide bonds. The lowest BCUT2D eigenvalue weighted by Gasteiger charge is -2.46. The van der Waals surface area contributed by atoms with E-state index in [4.69, 9.17) is 0 Å². The number of aromatic nitrogens is 3. The highest BCUT2D eigenvalue weighted by Crippen LogP contribution is 2.28. The van der Waals surface area contributed by atoms with Gasteiger partial charge in [0.1, 0.15) is 17.6 Å². The topological polar surface area (TPSA) is 64.2 Å². The maximum Gasteiger partial charge on any atom is 0.229 e. The Bertz CT molecular complexity index is 1040. The first-order chi connectivity index (χ1) is 15.2. The normalized spacial score (nSPS) is 24.8. The molecule has 1 unspecified atom stereocenters.